The Balaban J connectivity index is 2.33. The van der Waals surface area contributed by atoms with Gasteiger partial charge in [-0.25, -0.2) is 14.1 Å². The van der Waals surface area contributed by atoms with Crippen molar-refractivity contribution in [3.63, 3.8) is 0 Å². The van der Waals surface area contributed by atoms with Crippen LogP contribution in [0.25, 0.3) is 0 Å². The van der Waals surface area contributed by atoms with E-state index in [2.05, 4.69) is 10.1 Å². The third-order valence-corrected chi connectivity index (χ3v) is 2.32. The number of halogens is 1. The zero-order valence-electron chi connectivity index (χ0n) is 9.64. The molecule has 0 saturated carbocycles. The monoisotopic (exact) mass is 236 g/mol. The van der Waals surface area contributed by atoms with Crippen molar-refractivity contribution < 1.29 is 9.13 Å². The molecule has 5 nitrogen and oxygen atoms in total. The van der Waals surface area contributed by atoms with Gasteiger partial charge in [-0.1, -0.05) is 0 Å². The van der Waals surface area contributed by atoms with Crippen molar-refractivity contribution in [2.75, 3.05) is 0 Å². The molecule has 0 fully saturated rings. The number of hydrogen-bond donors (Lipinski definition) is 1. The van der Waals surface area contributed by atoms with Crippen molar-refractivity contribution in [3.05, 3.63) is 35.4 Å². The number of rotatable bonds is 3. The van der Waals surface area contributed by atoms with Crippen LogP contribution in [-0.4, -0.2) is 14.8 Å². The van der Waals surface area contributed by atoms with E-state index in [0.717, 1.165) is 5.69 Å². The molecule has 0 aromatic carbocycles. The van der Waals surface area contributed by atoms with E-state index >= 15 is 0 Å². The smallest absolute Gasteiger partial charge is 0.257 e. The van der Waals surface area contributed by atoms with E-state index in [1.54, 1.807) is 13.1 Å². The van der Waals surface area contributed by atoms with Gasteiger partial charge in [-0.2, -0.15) is 5.10 Å². The lowest BCUT2D eigenvalue weighted by atomic mass is 10.2. The lowest BCUT2D eigenvalue weighted by molar-refractivity contribution is 0.385. The van der Waals surface area contributed by atoms with Crippen molar-refractivity contribution in [2.24, 2.45) is 12.8 Å². The first-order valence-electron chi connectivity index (χ1n) is 5.13. The summed E-state index contributed by atoms with van der Waals surface area (Å²) in [5, 5.41) is 4.10. The highest BCUT2D eigenvalue weighted by Crippen LogP contribution is 2.23. The number of pyridine rings is 1. The van der Waals surface area contributed by atoms with E-state index in [-0.39, 0.29) is 12.4 Å². The van der Waals surface area contributed by atoms with E-state index < -0.39 is 5.82 Å². The SMILES string of the molecule is Cc1cc(Oc2nccc(CN)c2F)n(C)n1. The Labute approximate surface area is 98.0 Å². The second-order valence-electron chi connectivity index (χ2n) is 3.64. The fourth-order valence-electron chi connectivity index (χ4n) is 1.47. The Morgan fingerprint density at radius 3 is 2.88 bits per heavy atom. The third-order valence-electron chi connectivity index (χ3n) is 2.32. The molecule has 0 unspecified atom stereocenters. The van der Waals surface area contributed by atoms with Crippen LogP contribution in [0.2, 0.25) is 0 Å². The molecule has 0 aliphatic carbocycles. The van der Waals surface area contributed by atoms with Crippen LogP contribution >= 0.6 is 0 Å². The Morgan fingerprint density at radius 1 is 1.53 bits per heavy atom. The average Bonchev–Trinajstić information content (AvgIpc) is 2.60. The van der Waals surface area contributed by atoms with Crippen LogP contribution in [0.15, 0.2) is 18.3 Å². The predicted molar refractivity (Wildman–Crippen MR) is 60.1 cm³/mol. The zero-order chi connectivity index (χ0) is 12.4. The number of hydrogen-bond acceptors (Lipinski definition) is 4. The van der Waals surface area contributed by atoms with Gasteiger partial charge in [-0.05, 0) is 13.0 Å². The molecule has 0 spiro atoms. The number of ether oxygens (including phenoxy) is 1. The van der Waals surface area contributed by atoms with Gasteiger partial charge in [-0.3, -0.25) is 0 Å². The summed E-state index contributed by atoms with van der Waals surface area (Å²) in [5.41, 5.74) is 6.57. The van der Waals surface area contributed by atoms with Gasteiger partial charge in [0.15, 0.2) is 5.82 Å². The zero-order valence-corrected chi connectivity index (χ0v) is 9.64. The molecule has 2 aromatic heterocycles. The molecule has 2 N–H and O–H groups in total. The second kappa shape index (κ2) is 4.50. The van der Waals surface area contributed by atoms with E-state index in [9.17, 15) is 4.39 Å². The Kier molecular flexibility index (Phi) is 3.06. The van der Waals surface area contributed by atoms with Crippen molar-refractivity contribution in [1.82, 2.24) is 14.8 Å². The molecule has 2 heterocycles. The van der Waals surface area contributed by atoms with Crippen LogP contribution in [0.1, 0.15) is 11.3 Å². The van der Waals surface area contributed by atoms with E-state index in [0.29, 0.717) is 11.4 Å². The molecular weight excluding hydrogens is 223 g/mol. The number of nitrogens with two attached hydrogens (primary N) is 1. The van der Waals surface area contributed by atoms with Crippen molar-refractivity contribution in [3.8, 4) is 11.8 Å². The normalized spacial score (nSPS) is 10.6. The summed E-state index contributed by atoms with van der Waals surface area (Å²) in [5.74, 6) is -0.187. The average molecular weight is 236 g/mol. The largest absolute Gasteiger partial charge is 0.418 e. The molecule has 0 aliphatic rings. The van der Waals surface area contributed by atoms with Gasteiger partial charge >= 0.3 is 0 Å². The molecule has 0 bridgehead atoms. The maximum atomic E-state index is 13.8. The second-order valence-corrected chi connectivity index (χ2v) is 3.64. The van der Waals surface area contributed by atoms with Gasteiger partial charge in [0.1, 0.15) is 0 Å². The molecule has 2 rings (SSSR count). The standard InChI is InChI=1S/C11H13FN4O/c1-7-5-9(16(2)15-7)17-11-10(12)8(6-13)3-4-14-11/h3-5H,6,13H2,1-2H3. The summed E-state index contributed by atoms with van der Waals surface area (Å²) < 4.78 is 20.7. The Hall–Kier alpha value is -1.95. The van der Waals surface area contributed by atoms with Gasteiger partial charge in [0.25, 0.3) is 5.88 Å². The molecule has 6 heteroatoms. The summed E-state index contributed by atoms with van der Waals surface area (Å²) in [6.07, 6.45) is 1.46. The highest BCUT2D eigenvalue weighted by Gasteiger charge is 2.12. The van der Waals surface area contributed by atoms with E-state index in [4.69, 9.17) is 10.5 Å². The highest BCUT2D eigenvalue weighted by molar-refractivity contribution is 5.27. The van der Waals surface area contributed by atoms with Crippen LogP contribution < -0.4 is 10.5 Å². The van der Waals surface area contributed by atoms with Crippen molar-refractivity contribution in [1.29, 1.82) is 0 Å². The summed E-state index contributed by atoms with van der Waals surface area (Å²) in [6, 6.07) is 3.23. The Bertz CT molecular complexity index is 538. The van der Waals surface area contributed by atoms with Gasteiger partial charge in [0.2, 0.25) is 5.88 Å². The van der Waals surface area contributed by atoms with Gasteiger partial charge < -0.3 is 10.5 Å². The highest BCUT2D eigenvalue weighted by atomic mass is 19.1. The van der Waals surface area contributed by atoms with Gasteiger partial charge in [0.05, 0.1) is 5.69 Å². The van der Waals surface area contributed by atoms with Crippen LogP contribution in [0, 0.1) is 12.7 Å². The number of nitrogens with zero attached hydrogens (tertiary/aromatic N) is 3. The molecule has 0 aliphatic heterocycles. The third kappa shape index (κ3) is 2.26. The number of aryl methyl sites for hydroxylation is 2. The van der Waals surface area contributed by atoms with Gasteiger partial charge in [0, 0.05) is 31.4 Å². The lowest BCUT2D eigenvalue weighted by Gasteiger charge is -2.07. The minimum atomic E-state index is -0.533. The molecule has 17 heavy (non-hydrogen) atoms. The van der Waals surface area contributed by atoms with E-state index in [1.165, 1.54) is 16.9 Å². The number of aromatic nitrogens is 3. The summed E-state index contributed by atoms with van der Waals surface area (Å²) in [7, 11) is 1.72. The molecule has 0 amide bonds. The molecule has 2 aromatic rings. The molecule has 0 atom stereocenters. The summed E-state index contributed by atoms with van der Waals surface area (Å²) in [6.45, 7) is 1.93. The first kappa shape index (κ1) is 11.5. The van der Waals surface area contributed by atoms with Crippen molar-refractivity contribution >= 4 is 0 Å². The first-order valence-corrected chi connectivity index (χ1v) is 5.13. The fraction of sp³-hybridized carbons (Fsp3) is 0.273. The van der Waals surface area contributed by atoms with Crippen LogP contribution in [0.4, 0.5) is 4.39 Å². The maximum Gasteiger partial charge on any atom is 0.257 e. The maximum absolute atomic E-state index is 13.8. The lowest BCUT2D eigenvalue weighted by Crippen LogP contribution is -2.04. The Morgan fingerprint density at radius 2 is 2.29 bits per heavy atom. The quantitative estimate of drug-likeness (QED) is 0.877. The minimum absolute atomic E-state index is 0.0871. The van der Waals surface area contributed by atoms with E-state index in [1.807, 2.05) is 6.92 Å². The first-order chi connectivity index (χ1) is 8.11. The molecular formula is C11H13FN4O. The van der Waals surface area contributed by atoms with Crippen LogP contribution in [0.3, 0.4) is 0 Å². The molecule has 0 saturated heterocycles. The summed E-state index contributed by atoms with van der Waals surface area (Å²) >= 11 is 0. The van der Waals surface area contributed by atoms with Gasteiger partial charge in [-0.15, -0.1) is 0 Å². The molecule has 90 valence electrons. The fourth-order valence-corrected chi connectivity index (χ4v) is 1.47. The summed E-state index contributed by atoms with van der Waals surface area (Å²) in [4.78, 5) is 3.84. The topological polar surface area (TPSA) is 66.0 Å². The van der Waals surface area contributed by atoms with Crippen LogP contribution in [-0.2, 0) is 13.6 Å². The minimum Gasteiger partial charge on any atom is -0.418 e. The molecule has 0 radical (unpaired) electrons. The predicted octanol–water partition coefficient (Wildman–Crippen LogP) is 1.51. The van der Waals surface area contributed by atoms with Crippen LogP contribution in [0.5, 0.6) is 11.8 Å². The van der Waals surface area contributed by atoms with Crippen molar-refractivity contribution in [2.45, 2.75) is 13.5 Å².